The highest BCUT2D eigenvalue weighted by Gasteiger charge is 2.11. The molecule has 0 aromatic heterocycles. The van der Waals surface area contributed by atoms with Crippen molar-refractivity contribution in [1.82, 2.24) is 0 Å². The SMILES string of the molecule is C[Si](C)(C)CCCCCCCCCCC=O. The van der Waals surface area contributed by atoms with Crippen LogP contribution in [0, 0.1) is 0 Å². The van der Waals surface area contributed by atoms with Gasteiger partial charge in [0, 0.05) is 14.5 Å². The minimum Gasteiger partial charge on any atom is -0.303 e. The molecule has 1 nitrogen and oxygen atoms in total. The van der Waals surface area contributed by atoms with Gasteiger partial charge in [-0.05, 0) is 6.42 Å². The van der Waals surface area contributed by atoms with Gasteiger partial charge in [-0.2, -0.15) is 0 Å². The number of aldehydes is 1. The molecular weight excluding hydrogens is 212 g/mol. The van der Waals surface area contributed by atoms with Crippen LogP contribution in [0.15, 0.2) is 0 Å². The lowest BCUT2D eigenvalue weighted by Gasteiger charge is -2.14. The van der Waals surface area contributed by atoms with Gasteiger partial charge in [-0.25, -0.2) is 0 Å². The largest absolute Gasteiger partial charge is 0.303 e. The fourth-order valence-corrected chi connectivity index (χ4v) is 3.25. The van der Waals surface area contributed by atoms with Crippen LogP contribution in [0.3, 0.4) is 0 Å². The first-order valence-electron chi connectivity index (χ1n) is 7.00. The maximum Gasteiger partial charge on any atom is 0.119 e. The lowest BCUT2D eigenvalue weighted by atomic mass is 10.1. The van der Waals surface area contributed by atoms with Crippen molar-refractivity contribution in [1.29, 1.82) is 0 Å². The van der Waals surface area contributed by atoms with Crippen molar-refractivity contribution in [3.05, 3.63) is 0 Å². The van der Waals surface area contributed by atoms with E-state index in [1.807, 2.05) is 0 Å². The maximum atomic E-state index is 10.1. The summed E-state index contributed by atoms with van der Waals surface area (Å²) < 4.78 is 0. The molecule has 0 saturated heterocycles. The second kappa shape index (κ2) is 10.1. The predicted molar refractivity (Wildman–Crippen MR) is 75.8 cm³/mol. The third kappa shape index (κ3) is 13.9. The van der Waals surface area contributed by atoms with Gasteiger partial charge in [-0.15, -0.1) is 0 Å². The second-order valence-corrected chi connectivity index (χ2v) is 11.7. The molecule has 0 amide bonds. The van der Waals surface area contributed by atoms with E-state index in [1.54, 1.807) is 0 Å². The molecule has 0 rings (SSSR count). The second-order valence-electron chi connectivity index (χ2n) is 6.09. The van der Waals surface area contributed by atoms with Gasteiger partial charge < -0.3 is 4.79 Å². The van der Waals surface area contributed by atoms with Crippen LogP contribution in [0.25, 0.3) is 0 Å². The topological polar surface area (TPSA) is 17.1 Å². The van der Waals surface area contributed by atoms with E-state index in [0.29, 0.717) is 0 Å². The first-order chi connectivity index (χ1) is 7.56. The standard InChI is InChI=1S/C14H30OSi/c1-16(2,3)14-12-10-8-6-4-5-7-9-11-13-15/h13H,4-12,14H2,1-3H3. The molecule has 0 spiro atoms. The molecule has 0 aliphatic carbocycles. The van der Waals surface area contributed by atoms with Crippen LogP contribution in [0.5, 0.6) is 0 Å². The van der Waals surface area contributed by atoms with Crippen LogP contribution < -0.4 is 0 Å². The highest BCUT2D eigenvalue weighted by atomic mass is 28.3. The molecule has 2 heteroatoms. The zero-order chi connectivity index (χ0) is 12.3. The number of unbranched alkanes of at least 4 members (excludes halogenated alkanes) is 8. The minimum atomic E-state index is -0.781. The van der Waals surface area contributed by atoms with E-state index in [2.05, 4.69) is 19.6 Å². The third-order valence-electron chi connectivity index (χ3n) is 3.00. The van der Waals surface area contributed by atoms with Gasteiger partial charge in [0.05, 0.1) is 0 Å². The Morgan fingerprint density at radius 2 is 1.19 bits per heavy atom. The summed E-state index contributed by atoms with van der Waals surface area (Å²) in [6.45, 7) is 7.38. The fourth-order valence-electron chi connectivity index (χ4n) is 1.94. The van der Waals surface area contributed by atoms with Crippen LogP contribution in [-0.2, 0) is 4.79 Å². The van der Waals surface area contributed by atoms with E-state index in [0.717, 1.165) is 19.1 Å². The van der Waals surface area contributed by atoms with Gasteiger partial charge in [0.25, 0.3) is 0 Å². The quantitative estimate of drug-likeness (QED) is 0.282. The predicted octanol–water partition coefficient (Wildman–Crippen LogP) is 5.03. The Labute approximate surface area is 103 Å². The van der Waals surface area contributed by atoms with Crippen molar-refractivity contribution >= 4 is 14.4 Å². The molecule has 96 valence electrons. The van der Waals surface area contributed by atoms with Gasteiger partial charge in [0.15, 0.2) is 0 Å². The zero-order valence-corrected chi connectivity index (χ0v) is 12.6. The average Bonchev–Trinajstić information content (AvgIpc) is 2.19. The molecule has 0 N–H and O–H groups in total. The zero-order valence-electron chi connectivity index (χ0n) is 11.6. The molecule has 0 radical (unpaired) electrons. The molecule has 0 aromatic carbocycles. The number of carbonyl (C=O) groups excluding carboxylic acids is 1. The number of carbonyl (C=O) groups is 1. The van der Waals surface area contributed by atoms with Crippen molar-refractivity contribution in [2.24, 2.45) is 0 Å². The summed E-state index contributed by atoms with van der Waals surface area (Å²) in [5.41, 5.74) is 0. The molecule has 0 bridgehead atoms. The Morgan fingerprint density at radius 3 is 1.62 bits per heavy atom. The fraction of sp³-hybridized carbons (Fsp3) is 0.929. The van der Waals surface area contributed by atoms with Gasteiger partial charge >= 0.3 is 0 Å². The summed E-state index contributed by atoms with van der Waals surface area (Å²) in [6.07, 6.45) is 12.5. The summed E-state index contributed by atoms with van der Waals surface area (Å²) in [7, 11) is -0.781. The summed E-state index contributed by atoms with van der Waals surface area (Å²) in [6, 6.07) is 1.49. The molecule has 0 aromatic rings. The van der Waals surface area contributed by atoms with E-state index in [9.17, 15) is 4.79 Å². The lowest BCUT2D eigenvalue weighted by molar-refractivity contribution is -0.107. The Kier molecular flexibility index (Phi) is 10.00. The highest BCUT2D eigenvalue weighted by Crippen LogP contribution is 2.15. The van der Waals surface area contributed by atoms with Gasteiger partial charge in [-0.3, -0.25) is 0 Å². The van der Waals surface area contributed by atoms with Gasteiger partial charge in [0.1, 0.15) is 6.29 Å². The summed E-state index contributed by atoms with van der Waals surface area (Å²) in [5, 5.41) is 0. The van der Waals surface area contributed by atoms with E-state index >= 15 is 0 Å². The molecule has 0 heterocycles. The molecule has 16 heavy (non-hydrogen) atoms. The molecule has 0 saturated carbocycles. The maximum absolute atomic E-state index is 10.1. The summed E-state index contributed by atoms with van der Waals surface area (Å²) >= 11 is 0. The van der Waals surface area contributed by atoms with E-state index in [1.165, 1.54) is 51.0 Å². The molecular formula is C14H30OSi. The lowest BCUT2D eigenvalue weighted by Crippen LogP contribution is -2.18. The van der Waals surface area contributed by atoms with Crippen LogP contribution in [-0.4, -0.2) is 14.4 Å². The molecule has 0 unspecified atom stereocenters. The van der Waals surface area contributed by atoms with Crippen LogP contribution in [0.2, 0.25) is 25.7 Å². The summed E-state index contributed by atoms with van der Waals surface area (Å²) in [4.78, 5) is 10.1. The Bertz CT molecular complexity index is 161. The summed E-state index contributed by atoms with van der Waals surface area (Å²) in [5.74, 6) is 0. The van der Waals surface area contributed by atoms with Crippen molar-refractivity contribution < 1.29 is 4.79 Å². The number of hydrogen-bond donors (Lipinski definition) is 0. The molecule has 0 aliphatic heterocycles. The highest BCUT2D eigenvalue weighted by molar-refractivity contribution is 6.76. The van der Waals surface area contributed by atoms with Crippen molar-refractivity contribution in [3.8, 4) is 0 Å². The molecule has 0 aliphatic rings. The van der Waals surface area contributed by atoms with E-state index in [4.69, 9.17) is 0 Å². The third-order valence-corrected chi connectivity index (χ3v) is 4.85. The average molecular weight is 242 g/mol. The first-order valence-corrected chi connectivity index (χ1v) is 10.7. The Hall–Kier alpha value is -0.113. The van der Waals surface area contributed by atoms with Crippen molar-refractivity contribution in [2.75, 3.05) is 0 Å². The normalized spacial score (nSPS) is 11.7. The number of rotatable bonds is 11. The van der Waals surface area contributed by atoms with E-state index in [-0.39, 0.29) is 0 Å². The molecule has 0 fully saturated rings. The van der Waals surface area contributed by atoms with Crippen molar-refractivity contribution in [3.63, 3.8) is 0 Å². The Balaban J connectivity index is 3.01. The van der Waals surface area contributed by atoms with Crippen LogP contribution in [0.1, 0.15) is 57.8 Å². The minimum absolute atomic E-state index is 0.760. The monoisotopic (exact) mass is 242 g/mol. The van der Waals surface area contributed by atoms with Crippen molar-refractivity contribution in [2.45, 2.75) is 83.5 Å². The van der Waals surface area contributed by atoms with Gasteiger partial charge in [0.2, 0.25) is 0 Å². The van der Waals surface area contributed by atoms with Crippen LogP contribution in [0.4, 0.5) is 0 Å². The smallest absolute Gasteiger partial charge is 0.119 e. The molecule has 0 atom stereocenters. The first kappa shape index (κ1) is 15.9. The Morgan fingerprint density at radius 1 is 0.750 bits per heavy atom. The number of hydrogen-bond acceptors (Lipinski definition) is 1. The van der Waals surface area contributed by atoms with Crippen LogP contribution >= 0.6 is 0 Å². The van der Waals surface area contributed by atoms with E-state index < -0.39 is 8.07 Å². The van der Waals surface area contributed by atoms with Gasteiger partial charge in [-0.1, -0.05) is 70.6 Å².